The molecule has 96 valence electrons. The number of nitrogens with one attached hydrogen (secondary N) is 1. The van der Waals surface area contributed by atoms with Crippen LogP contribution in [-0.2, 0) is 6.42 Å². The highest BCUT2D eigenvalue weighted by Gasteiger charge is 2.16. The molecule has 0 fully saturated rings. The van der Waals surface area contributed by atoms with Gasteiger partial charge in [0.25, 0.3) is 0 Å². The summed E-state index contributed by atoms with van der Waals surface area (Å²) in [6, 6.07) is 6.67. The first-order valence-corrected chi connectivity index (χ1v) is 6.45. The summed E-state index contributed by atoms with van der Waals surface area (Å²) in [4.78, 5) is 0.978. The molecule has 2 rings (SSSR count). The molecule has 1 unspecified atom stereocenters. The topological polar surface area (TPSA) is 38.0 Å². The quantitative estimate of drug-likeness (QED) is 0.668. The van der Waals surface area contributed by atoms with Crippen LogP contribution in [0, 0.1) is 11.6 Å². The van der Waals surface area contributed by atoms with Crippen LogP contribution < -0.4 is 11.3 Å². The van der Waals surface area contributed by atoms with Gasteiger partial charge in [0.1, 0.15) is 11.6 Å². The predicted molar refractivity (Wildman–Crippen MR) is 69.5 cm³/mol. The molecule has 2 aromatic rings. The predicted octanol–water partition coefficient (Wildman–Crippen LogP) is 3.43. The van der Waals surface area contributed by atoms with E-state index in [1.54, 1.807) is 6.07 Å². The summed E-state index contributed by atoms with van der Waals surface area (Å²) >= 11 is 7.24. The van der Waals surface area contributed by atoms with Gasteiger partial charge in [-0.1, -0.05) is 17.7 Å². The Morgan fingerprint density at radius 1 is 1.28 bits per heavy atom. The summed E-state index contributed by atoms with van der Waals surface area (Å²) in [6.45, 7) is 0. The van der Waals surface area contributed by atoms with Crippen LogP contribution in [0.4, 0.5) is 8.78 Å². The maximum Gasteiger partial charge on any atom is 0.130 e. The Morgan fingerprint density at radius 3 is 2.61 bits per heavy atom. The number of benzene rings is 1. The van der Waals surface area contributed by atoms with Gasteiger partial charge in [0, 0.05) is 22.9 Å². The molecule has 18 heavy (non-hydrogen) atoms. The van der Waals surface area contributed by atoms with Crippen molar-refractivity contribution in [1.82, 2.24) is 5.43 Å². The molecule has 3 N–H and O–H groups in total. The zero-order chi connectivity index (χ0) is 13.1. The van der Waals surface area contributed by atoms with Crippen molar-refractivity contribution in [2.45, 2.75) is 12.5 Å². The van der Waals surface area contributed by atoms with Crippen molar-refractivity contribution in [3.05, 3.63) is 56.7 Å². The average molecular weight is 289 g/mol. The van der Waals surface area contributed by atoms with Crippen molar-refractivity contribution in [2.24, 2.45) is 5.84 Å². The molecule has 0 amide bonds. The lowest BCUT2D eigenvalue weighted by Gasteiger charge is -2.16. The number of thiophene rings is 1. The second-order valence-electron chi connectivity index (χ2n) is 3.80. The smallest absolute Gasteiger partial charge is 0.130 e. The summed E-state index contributed by atoms with van der Waals surface area (Å²) < 4.78 is 27.1. The normalized spacial score (nSPS) is 12.7. The largest absolute Gasteiger partial charge is 0.271 e. The Morgan fingerprint density at radius 2 is 2.06 bits per heavy atom. The molecule has 0 saturated heterocycles. The van der Waals surface area contributed by atoms with Crippen LogP contribution in [0.25, 0.3) is 0 Å². The van der Waals surface area contributed by atoms with Crippen LogP contribution in [0.3, 0.4) is 0 Å². The monoisotopic (exact) mass is 288 g/mol. The number of rotatable bonds is 4. The van der Waals surface area contributed by atoms with Crippen LogP contribution in [0.5, 0.6) is 0 Å². The van der Waals surface area contributed by atoms with Gasteiger partial charge in [0.05, 0.1) is 10.4 Å². The lowest BCUT2D eigenvalue weighted by atomic mass is 10.0. The third-order valence-electron chi connectivity index (χ3n) is 2.57. The van der Waals surface area contributed by atoms with E-state index in [2.05, 4.69) is 5.43 Å². The molecule has 0 bridgehead atoms. The van der Waals surface area contributed by atoms with Crippen molar-refractivity contribution in [2.75, 3.05) is 0 Å². The van der Waals surface area contributed by atoms with Gasteiger partial charge in [0.15, 0.2) is 0 Å². The highest BCUT2D eigenvalue weighted by molar-refractivity contribution is 7.16. The molecular formula is C12H11ClF2N2S. The van der Waals surface area contributed by atoms with Gasteiger partial charge in [-0.2, -0.15) is 0 Å². The first kappa shape index (κ1) is 13.4. The van der Waals surface area contributed by atoms with Crippen LogP contribution in [0.15, 0.2) is 30.3 Å². The molecule has 6 heteroatoms. The molecule has 0 radical (unpaired) electrons. The number of hydrazine groups is 1. The van der Waals surface area contributed by atoms with E-state index < -0.39 is 17.7 Å². The minimum absolute atomic E-state index is 0.337. The minimum atomic E-state index is -0.611. The molecule has 1 aromatic heterocycles. The summed E-state index contributed by atoms with van der Waals surface area (Å²) in [5.41, 5.74) is 2.87. The molecule has 2 nitrogen and oxygen atoms in total. The number of hydrogen-bond donors (Lipinski definition) is 2. The Bertz CT molecular complexity index is 545. The summed E-state index contributed by atoms with van der Waals surface area (Å²) in [6.07, 6.45) is 0.496. The lowest BCUT2D eigenvalue weighted by Crippen LogP contribution is -2.30. The fourth-order valence-corrected chi connectivity index (χ4v) is 2.84. The third-order valence-corrected chi connectivity index (χ3v) is 3.83. The van der Waals surface area contributed by atoms with Crippen LogP contribution in [0.1, 0.15) is 16.5 Å². The third kappa shape index (κ3) is 3.05. The fraction of sp³-hybridized carbons (Fsp3) is 0.167. The number of hydrogen-bond acceptors (Lipinski definition) is 3. The van der Waals surface area contributed by atoms with E-state index in [0.29, 0.717) is 16.3 Å². The van der Waals surface area contributed by atoms with E-state index in [9.17, 15) is 8.78 Å². The molecule has 0 spiro atoms. The molecule has 1 heterocycles. The van der Waals surface area contributed by atoms with Gasteiger partial charge in [-0.3, -0.25) is 11.3 Å². The van der Waals surface area contributed by atoms with Crippen molar-refractivity contribution in [3.63, 3.8) is 0 Å². The van der Waals surface area contributed by atoms with Crippen LogP contribution >= 0.6 is 22.9 Å². The second kappa shape index (κ2) is 5.75. The molecule has 1 aromatic carbocycles. The van der Waals surface area contributed by atoms with Crippen molar-refractivity contribution >= 4 is 22.9 Å². The zero-order valence-electron chi connectivity index (χ0n) is 9.29. The maximum atomic E-state index is 13.6. The lowest BCUT2D eigenvalue weighted by molar-refractivity contribution is 0.504. The molecule has 0 aliphatic carbocycles. The average Bonchev–Trinajstić information content (AvgIpc) is 2.72. The van der Waals surface area contributed by atoms with E-state index >= 15 is 0 Å². The fourth-order valence-electron chi connectivity index (χ4n) is 1.71. The van der Waals surface area contributed by atoms with E-state index in [1.165, 1.54) is 23.5 Å². The Kier molecular flexibility index (Phi) is 4.29. The van der Waals surface area contributed by atoms with Crippen LogP contribution in [-0.4, -0.2) is 0 Å². The minimum Gasteiger partial charge on any atom is -0.271 e. The highest BCUT2D eigenvalue weighted by atomic mass is 35.5. The second-order valence-corrected chi connectivity index (χ2v) is 5.59. The van der Waals surface area contributed by atoms with Gasteiger partial charge in [-0.15, -0.1) is 11.3 Å². The molecule has 0 aliphatic rings. The number of nitrogens with two attached hydrogens (primary N) is 1. The molecule has 0 saturated carbocycles. The van der Waals surface area contributed by atoms with Crippen molar-refractivity contribution < 1.29 is 8.78 Å². The SMILES string of the molecule is NNC(Cc1ccc(Cl)s1)c1ccc(F)cc1F. The van der Waals surface area contributed by atoms with Gasteiger partial charge >= 0.3 is 0 Å². The standard InChI is InChI=1S/C12H11ClF2N2S/c13-12-4-2-8(18-12)6-11(17-16)9-3-1-7(14)5-10(9)15/h1-5,11,17H,6,16H2. The molecule has 0 aliphatic heterocycles. The Balaban J connectivity index is 2.22. The number of halogens is 3. The van der Waals surface area contributed by atoms with Crippen molar-refractivity contribution in [1.29, 1.82) is 0 Å². The van der Waals surface area contributed by atoms with E-state index in [4.69, 9.17) is 17.4 Å². The summed E-state index contributed by atoms with van der Waals surface area (Å²) in [5.74, 6) is 4.21. The Hall–Kier alpha value is -1.01. The van der Waals surface area contributed by atoms with Gasteiger partial charge in [-0.05, 0) is 18.2 Å². The Labute approximate surface area is 112 Å². The van der Waals surface area contributed by atoms with Gasteiger partial charge < -0.3 is 0 Å². The van der Waals surface area contributed by atoms with Crippen molar-refractivity contribution in [3.8, 4) is 0 Å². The molecular weight excluding hydrogens is 278 g/mol. The highest BCUT2D eigenvalue weighted by Crippen LogP contribution is 2.27. The van der Waals surface area contributed by atoms with Gasteiger partial charge in [-0.25, -0.2) is 8.78 Å². The van der Waals surface area contributed by atoms with Gasteiger partial charge in [0.2, 0.25) is 0 Å². The maximum absolute atomic E-state index is 13.6. The van der Waals surface area contributed by atoms with E-state index in [0.717, 1.165) is 10.9 Å². The summed E-state index contributed by atoms with van der Waals surface area (Å²) in [7, 11) is 0. The van der Waals surface area contributed by atoms with E-state index in [1.807, 2.05) is 6.07 Å². The molecule has 1 atom stereocenters. The van der Waals surface area contributed by atoms with E-state index in [-0.39, 0.29) is 0 Å². The first-order chi connectivity index (χ1) is 8.60. The van der Waals surface area contributed by atoms with Crippen LogP contribution in [0.2, 0.25) is 4.34 Å². The first-order valence-electron chi connectivity index (χ1n) is 5.25. The zero-order valence-corrected chi connectivity index (χ0v) is 10.9. The summed E-state index contributed by atoms with van der Waals surface area (Å²) in [5, 5.41) is 0.